The molecule has 0 bridgehead atoms. The van der Waals surface area contributed by atoms with Crippen LogP contribution in [-0.4, -0.2) is 46.3 Å². The Balaban J connectivity index is 1.43. The molecule has 2 N–H and O–H groups in total. The first kappa shape index (κ1) is 23.2. The van der Waals surface area contributed by atoms with Gasteiger partial charge in [-0.1, -0.05) is 66.7 Å². The molecule has 2 heterocycles. The molecule has 1 unspecified atom stereocenters. The molecule has 1 aliphatic heterocycles. The first-order valence-electron chi connectivity index (χ1n) is 12.1. The largest absolute Gasteiger partial charge is 0.361 e. The number of benzene rings is 3. The fourth-order valence-electron chi connectivity index (χ4n) is 4.81. The Morgan fingerprint density at radius 3 is 2.61 bits per heavy atom. The van der Waals surface area contributed by atoms with E-state index in [4.69, 9.17) is 4.99 Å². The lowest BCUT2D eigenvalue weighted by molar-refractivity contribution is -0.134. The number of nitriles is 1. The Morgan fingerprint density at radius 2 is 1.81 bits per heavy atom. The number of para-hydroxylation sites is 2. The minimum absolute atomic E-state index is 0.0823. The monoisotopic (exact) mass is 476 g/mol. The van der Waals surface area contributed by atoms with Crippen LogP contribution in [0.3, 0.4) is 0 Å². The summed E-state index contributed by atoms with van der Waals surface area (Å²) in [6.07, 6.45) is 4.29. The van der Waals surface area contributed by atoms with Crippen molar-refractivity contribution in [2.45, 2.75) is 19.4 Å². The lowest BCUT2D eigenvalue weighted by Crippen LogP contribution is -2.54. The molecule has 0 saturated carbocycles. The lowest BCUT2D eigenvalue weighted by atomic mass is 10.0. The van der Waals surface area contributed by atoms with Crippen LogP contribution in [0.5, 0.6) is 0 Å². The normalized spacial score (nSPS) is 16.1. The van der Waals surface area contributed by atoms with Gasteiger partial charge in [0.2, 0.25) is 11.9 Å². The number of fused-ring (bicyclic) bond motifs is 1. The van der Waals surface area contributed by atoms with Gasteiger partial charge in [0.25, 0.3) is 0 Å². The molecule has 36 heavy (non-hydrogen) atoms. The zero-order valence-corrected chi connectivity index (χ0v) is 20.2. The van der Waals surface area contributed by atoms with Gasteiger partial charge in [0.1, 0.15) is 0 Å². The Labute approximate surface area is 210 Å². The fraction of sp³-hybridized carbons (Fsp3) is 0.207. The van der Waals surface area contributed by atoms with Gasteiger partial charge in [0.15, 0.2) is 6.19 Å². The molecule has 3 aromatic carbocycles. The average Bonchev–Trinajstić information content (AvgIpc) is 3.32. The molecular weight excluding hydrogens is 448 g/mol. The number of carbonyl (C=O) groups excluding carboxylic acids is 1. The Morgan fingerprint density at radius 1 is 1.06 bits per heavy atom. The first-order chi connectivity index (χ1) is 17.6. The highest BCUT2D eigenvalue weighted by atomic mass is 16.2. The summed E-state index contributed by atoms with van der Waals surface area (Å²) in [6, 6.07) is 25.8. The van der Waals surface area contributed by atoms with Crippen molar-refractivity contribution in [3.63, 3.8) is 0 Å². The van der Waals surface area contributed by atoms with Crippen molar-refractivity contribution >= 4 is 28.5 Å². The number of aryl methyl sites for hydroxylation is 1. The molecule has 7 nitrogen and oxygen atoms in total. The number of amides is 1. The van der Waals surface area contributed by atoms with Crippen molar-refractivity contribution in [2.24, 2.45) is 4.99 Å². The van der Waals surface area contributed by atoms with E-state index in [-0.39, 0.29) is 11.9 Å². The van der Waals surface area contributed by atoms with E-state index in [1.807, 2.05) is 90.9 Å². The third-order valence-electron chi connectivity index (χ3n) is 6.71. The van der Waals surface area contributed by atoms with E-state index in [1.54, 1.807) is 0 Å². The van der Waals surface area contributed by atoms with Gasteiger partial charge in [0.05, 0.1) is 18.2 Å². The van der Waals surface area contributed by atoms with Gasteiger partial charge >= 0.3 is 0 Å². The van der Waals surface area contributed by atoms with Crippen molar-refractivity contribution in [1.29, 1.82) is 5.26 Å². The standard InChI is InChI=1S/C29H28N6O/c1-21-9-5-7-13-25(21)33-29(32-20-30)34-15-16-35(27(19-34)22-10-3-2-4-11-22)28(36)17-23-18-31-26-14-8-6-12-24(23)26/h2-14,18,27,31H,15-17,19H2,1H3,(H,32,33). The van der Waals surface area contributed by atoms with E-state index >= 15 is 0 Å². The summed E-state index contributed by atoms with van der Waals surface area (Å²) in [7, 11) is 0. The number of carbonyl (C=O) groups is 1. The van der Waals surface area contributed by atoms with E-state index in [9.17, 15) is 10.1 Å². The number of aliphatic imine (C=N–C) groups is 1. The number of aromatic amines is 1. The maximum Gasteiger partial charge on any atom is 0.227 e. The summed E-state index contributed by atoms with van der Waals surface area (Å²) in [5.41, 5.74) is 4.93. The number of hydrogen-bond acceptors (Lipinski definition) is 3. The number of piperazine rings is 1. The van der Waals surface area contributed by atoms with Gasteiger partial charge in [-0.2, -0.15) is 5.26 Å². The molecule has 4 aromatic rings. The number of hydrogen-bond donors (Lipinski definition) is 2. The predicted octanol–water partition coefficient (Wildman–Crippen LogP) is 4.66. The van der Waals surface area contributed by atoms with E-state index in [2.05, 4.69) is 27.3 Å². The quantitative estimate of drug-likeness (QED) is 0.194. The van der Waals surface area contributed by atoms with Crippen LogP contribution in [-0.2, 0) is 11.2 Å². The van der Waals surface area contributed by atoms with Gasteiger partial charge in [-0.15, -0.1) is 0 Å². The second-order valence-electron chi connectivity index (χ2n) is 8.95. The summed E-state index contributed by atoms with van der Waals surface area (Å²) < 4.78 is 0. The smallest absolute Gasteiger partial charge is 0.227 e. The number of rotatable bonds is 4. The molecule has 1 atom stereocenters. The van der Waals surface area contributed by atoms with Crippen molar-refractivity contribution in [2.75, 3.05) is 19.6 Å². The van der Waals surface area contributed by atoms with E-state index in [0.717, 1.165) is 33.3 Å². The van der Waals surface area contributed by atoms with Gasteiger partial charge in [-0.05, 0) is 35.7 Å². The van der Waals surface area contributed by atoms with Gasteiger partial charge < -0.3 is 14.8 Å². The lowest BCUT2D eigenvalue weighted by Gasteiger charge is -2.42. The number of nitrogens with one attached hydrogen (secondary N) is 2. The molecule has 0 aliphatic carbocycles. The van der Waals surface area contributed by atoms with E-state index in [0.29, 0.717) is 32.0 Å². The molecular formula is C29H28N6O. The highest BCUT2D eigenvalue weighted by Crippen LogP contribution is 2.28. The first-order valence-corrected chi connectivity index (χ1v) is 12.1. The summed E-state index contributed by atoms with van der Waals surface area (Å²) >= 11 is 0. The van der Waals surface area contributed by atoms with Crippen LogP contribution in [0.1, 0.15) is 22.7 Å². The third-order valence-corrected chi connectivity index (χ3v) is 6.71. The van der Waals surface area contributed by atoms with Crippen LogP contribution in [0.25, 0.3) is 10.9 Å². The highest BCUT2D eigenvalue weighted by Gasteiger charge is 2.33. The van der Waals surface area contributed by atoms with Gasteiger partial charge in [0, 0.05) is 36.7 Å². The SMILES string of the molecule is Cc1ccccc1N=C(NC#N)N1CCN(C(=O)Cc2c[nH]c3ccccc23)C(c2ccccc2)C1. The zero-order chi connectivity index (χ0) is 24.9. The van der Waals surface area contributed by atoms with Crippen molar-refractivity contribution in [3.05, 3.63) is 102 Å². The fourth-order valence-corrected chi connectivity index (χ4v) is 4.81. The molecule has 1 saturated heterocycles. The van der Waals surface area contributed by atoms with Gasteiger partial charge in [-0.3, -0.25) is 10.1 Å². The van der Waals surface area contributed by atoms with E-state index in [1.165, 1.54) is 0 Å². The predicted molar refractivity (Wildman–Crippen MR) is 141 cm³/mol. The van der Waals surface area contributed by atoms with Crippen molar-refractivity contribution in [1.82, 2.24) is 20.1 Å². The molecule has 1 amide bonds. The summed E-state index contributed by atoms with van der Waals surface area (Å²) in [5, 5.41) is 13.3. The number of aromatic nitrogens is 1. The van der Waals surface area contributed by atoms with Gasteiger partial charge in [-0.25, -0.2) is 4.99 Å². The maximum atomic E-state index is 13.6. The highest BCUT2D eigenvalue weighted by molar-refractivity contribution is 5.89. The van der Waals surface area contributed by atoms with Crippen LogP contribution in [0.15, 0.2) is 90.1 Å². The number of H-pyrrole nitrogens is 1. The van der Waals surface area contributed by atoms with Crippen LogP contribution >= 0.6 is 0 Å². The summed E-state index contributed by atoms with van der Waals surface area (Å²) in [6.45, 7) is 3.63. The number of guanidine groups is 1. The molecule has 180 valence electrons. The molecule has 1 fully saturated rings. The average molecular weight is 477 g/mol. The number of nitrogens with zero attached hydrogens (tertiary/aromatic N) is 4. The Hall–Kier alpha value is -4.57. The molecule has 0 radical (unpaired) electrons. The van der Waals surface area contributed by atoms with Crippen molar-refractivity contribution < 1.29 is 4.79 Å². The minimum atomic E-state index is -0.166. The summed E-state index contributed by atoms with van der Waals surface area (Å²) in [5.74, 6) is 0.579. The summed E-state index contributed by atoms with van der Waals surface area (Å²) in [4.78, 5) is 25.7. The van der Waals surface area contributed by atoms with Crippen LogP contribution in [0.4, 0.5) is 5.69 Å². The van der Waals surface area contributed by atoms with Crippen LogP contribution in [0.2, 0.25) is 0 Å². The Bertz CT molecular complexity index is 1430. The minimum Gasteiger partial charge on any atom is -0.361 e. The molecule has 7 heteroatoms. The zero-order valence-electron chi connectivity index (χ0n) is 20.2. The molecule has 1 aliphatic rings. The van der Waals surface area contributed by atoms with E-state index < -0.39 is 0 Å². The second kappa shape index (κ2) is 10.4. The molecule has 0 spiro atoms. The third kappa shape index (κ3) is 4.80. The Kier molecular flexibility index (Phi) is 6.67. The topological polar surface area (TPSA) is 87.5 Å². The molecule has 1 aromatic heterocycles. The van der Waals surface area contributed by atoms with Crippen LogP contribution in [0, 0.1) is 18.4 Å². The maximum absolute atomic E-state index is 13.6. The van der Waals surface area contributed by atoms with Crippen LogP contribution < -0.4 is 5.32 Å². The van der Waals surface area contributed by atoms with Crippen molar-refractivity contribution in [3.8, 4) is 6.19 Å². The molecule has 5 rings (SSSR count). The second-order valence-corrected chi connectivity index (χ2v) is 8.95.